The number of carboxylic acid groups (broad SMARTS) is 1. The van der Waals surface area contributed by atoms with Crippen molar-refractivity contribution in [3.05, 3.63) is 42.7 Å². The second kappa shape index (κ2) is 8.53. The van der Waals surface area contributed by atoms with Crippen LogP contribution in [0.15, 0.2) is 42.7 Å². The van der Waals surface area contributed by atoms with Gasteiger partial charge in [0.05, 0.1) is 18.8 Å². The molecular formula is C20H22N2O5. The van der Waals surface area contributed by atoms with Crippen LogP contribution in [0.1, 0.15) is 33.6 Å². The molecule has 2 aromatic rings. The van der Waals surface area contributed by atoms with Gasteiger partial charge in [-0.1, -0.05) is 44.2 Å². The summed E-state index contributed by atoms with van der Waals surface area (Å²) in [5, 5.41) is 9.14. The molecule has 0 amide bonds. The number of aliphatic carboxylic acids is 1. The molecule has 7 heteroatoms. The first kappa shape index (κ1) is 20.2. The van der Waals surface area contributed by atoms with Gasteiger partial charge in [0.1, 0.15) is 11.7 Å². The van der Waals surface area contributed by atoms with Crippen molar-refractivity contribution in [2.75, 3.05) is 0 Å². The summed E-state index contributed by atoms with van der Waals surface area (Å²) in [7, 11) is 0. The topological polar surface area (TPSA) is 106 Å². The maximum absolute atomic E-state index is 12.2. The van der Waals surface area contributed by atoms with Gasteiger partial charge in [-0.25, -0.2) is 9.97 Å². The van der Waals surface area contributed by atoms with E-state index in [1.165, 1.54) is 19.3 Å². The lowest BCUT2D eigenvalue weighted by Gasteiger charge is -2.25. The van der Waals surface area contributed by atoms with Crippen molar-refractivity contribution in [2.24, 2.45) is 11.3 Å². The van der Waals surface area contributed by atoms with Gasteiger partial charge in [-0.05, 0) is 18.8 Å². The van der Waals surface area contributed by atoms with Gasteiger partial charge in [0.15, 0.2) is 11.6 Å². The number of carboxylic acids is 1. The molecule has 1 heterocycles. The van der Waals surface area contributed by atoms with E-state index in [-0.39, 0.29) is 18.6 Å². The van der Waals surface area contributed by atoms with Crippen molar-refractivity contribution >= 4 is 17.7 Å². The van der Waals surface area contributed by atoms with Gasteiger partial charge in [0.25, 0.3) is 0 Å². The van der Waals surface area contributed by atoms with Gasteiger partial charge < -0.3 is 9.84 Å². The Hall–Kier alpha value is -3.09. The highest BCUT2D eigenvalue weighted by molar-refractivity contribution is 5.96. The van der Waals surface area contributed by atoms with E-state index in [0.29, 0.717) is 5.82 Å². The van der Waals surface area contributed by atoms with Crippen molar-refractivity contribution in [2.45, 2.75) is 33.6 Å². The summed E-state index contributed by atoms with van der Waals surface area (Å²) < 4.78 is 5.25. The lowest BCUT2D eigenvalue weighted by molar-refractivity contribution is -0.148. The van der Waals surface area contributed by atoms with Crippen LogP contribution < -0.4 is 4.74 Å². The predicted molar refractivity (Wildman–Crippen MR) is 97.9 cm³/mol. The zero-order valence-electron chi connectivity index (χ0n) is 15.5. The number of carbonyl (C=O) groups excluding carboxylic acids is 2. The molecule has 7 nitrogen and oxygen atoms in total. The number of hydrogen-bond acceptors (Lipinski definition) is 6. The van der Waals surface area contributed by atoms with E-state index < -0.39 is 29.1 Å². The summed E-state index contributed by atoms with van der Waals surface area (Å²) in [6, 6.07) is 9.39. The third kappa shape index (κ3) is 5.99. The molecule has 0 radical (unpaired) electrons. The number of hydrogen-bond donors (Lipinski definition) is 1. The fraction of sp³-hybridized carbons (Fsp3) is 0.350. The van der Waals surface area contributed by atoms with Crippen LogP contribution in [0.5, 0.6) is 5.75 Å². The number of carbonyl (C=O) groups is 3. The fourth-order valence-electron chi connectivity index (χ4n) is 2.69. The quantitative estimate of drug-likeness (QED) is 0.562. The van der Waals surface area contributed by atoms with Crippen molar-refractivity contribution in [3.63, 3.8) is 0 Å². The van der Waals surface area contributed by atoms with Gasteiger partial charge >= 0.3 is 11.9 Å². The van der Waals surface area contributed by atoms with Crippen LogP contribution in [0.4, 0.5) is 0 Å². The third-order valence-corrected chi connectivity index (χ3v) is 4.06. The first-order valence-corrected chi connectivity index (χ1v) is 8.49. The molecule has 0 spiro atoms. The van der Waals surface area contributed by atoms with E-state index in [0.717, 1.165) is 5.56 Å². The van der Waals surface area contributed by atoms with Gasteiger partial charge in [0, 0.05) is 5.56 Å². The lowest BCUT2D eigenvalue weighted by atomic mass is 9.79. The van der Waals surface area contributed by atoms with E-state index in [4.69, 9.17) is 9.84 Å². The first-order chi connectivity index (χ1) is 12.7. The number of aromatic nitrogens is 2. The molecule has 1 N–H and O–H groups in total. The van der Waals surface area contributed by atoms with Crippen LogP contribution in [0, 0.1) is 11.3 Å². The number of benzene rings is 1. The molecule has 27 heavy (non-hydrogen) atoms. The molecule has 0 bridgehead atoms. The van der Waals surface area contributed by atoms with Crippen LogP contribution in [0.3, 0.4) is 0 Å². The summed E-state index contributed by atoms with van der Waals surface area (Å²) in [5.41, 5.74) is 0.136. The summed E-state index contributed by atoms with van der Waals surface area (Å²) in [6.07, 6.45) is 2.84. The van der Waals surface area contributed by atoms with Gasteiger partial charge in [-0.15, -0.1) is 0 Å². The summed E-state index contributed by atoms with van der Waals surface area (Å²) in [6.45, 7) is 4.68. The number of ether oxygens (including phenoxy) is 1. The van der Waals surface area contributed by atoms with Crippen LogP contribution in [-0.2, 0) is 14.4 Å². The zero-order valence-corrected chi connectivity index (χ0v) is 15.5. The Bertz CT molecular complexity index is 802. The van der Waals surface area contributed by atoms with E-state index in [2.05, 4.69) is 9.97 Å². The zero-order chi connectivity index (χ0) is 20.0. The number of nitrogens with zero attached hydrogens (tertiary/aromatic N) is 2. The van der Waals surface area contributed by atoms with Crippen LogP contribution >= 0.6 is 0 Å². The Balaban J connectivity index is 1.98. The monoisotopic (exact) mass is 370 g/mol. The Morgan fingerprint density at radius 1 is 1.11 bits per heavy atom. The normalized spacial score (nSPS) is 12.3. The molecule has 0 saturated heterocycles. The maximum atomic E-state index is 12.2. The molecule has 1 unspecified atom stereocenters. The molecule has 0 aliphatic rings. The highest BCUT2D eigenvalue weighted by Crippen LogP contribution is 2.30. The minimum atomic E-state index is -1.19. The minimum absolute atomic E-state index is 0.0372. The van der Waals surface area contributed by atoms with Crippen LogP contribution in [0.2, 0.25) is 0 Å². The Labute approximate surface area is 157 Å². The van der Waals surface area contributed by atoms with Gasteiger partial charge in [0.2, 0.25) is 0 Å². The molecule has 1 aromatic heterocycles. The second-order valence-electron chi connectivity index (χ2n) is 7.13. The molecule has 2 rings (SSSR count). The highest BCUT2D eigenvalue weighted by Gasteiger charge is 2.33. The Morgan fingerprint density at radius 2 is 1.70 bits per heavy atom. The number of rotatable bonds is 8. The number of ketones is 1. The van der Waals surface area contributed by atoms with Gasteiger partial charge in [-0.2, -0.15) is 0 Å². The molecular weight excluding hydrogens is 348 g/mol. The molecule has 0 saturated carbocycles. The van der Waals surface area contributed by atoms with Crippen LogP contribution in [0.25, 0.3) is 11.4 Å². The maximum Gasteiger partial charge on any atom is 0.314 e. The molecule has 0 aliphatic heterocycles. The minimum Gasteiger partial charge on any atom is -0.481 e. The van der Waals surface area contributed by atoms with Crippen molar-refractivity contribution < 1.29 is 24.2 Å². The van der Waals surface area contributed by atoms with Gasteiger partial charge in [-0.3, -0.25) is 14.4 Å². The Kier molecular flexibility index (Phi) is 6.39. The third-order valence-electron chi connectivity index (χ3n) is 4.06. The lowest BCUT2D eigenvalue weighted by Crippen LogP contribution is -2.30. The second-order valence-corrected chi connectivity index (χ2v) is 7.13. The van der Waals surface area contributed by atoms with E-state index in [1.807, 2.05) is 30.3 Å². The molecule has 0 aliphatic carbocycles. The average molecular weight is 370 g/mol. The fourth-order valence-corrected chi connectivity index (χ4v) is 2.69. The summed E-state index contributed by atoms with van der Waals surface area (Å²) in [5.74, 6) is -2.58. The van der Waals surface area contributed by atoms with E-state index in [9.17, 15) is 14.4 Å². The molecule has 1 aromatic carbocycles. The molecule has 1 atom stereocenters. The largest absolute Gasteiger partial charge is 0.481 e. The standard InChI is InChI=1S/C20H22N2O5/c1-13(23)16(19(25)26)9-20(2,3)10-17(24)27-15-11-21-18(22-12-15)14-7-5-4-6-8-14/h4-8,11-12,16H,9-10H2,1-3H3,(H,25,26). The van der Waals surface area contributed by atoms with Crippen molar-refractivity contribution in [1.82, 2.24) is 9.97 Å². The molecule has 142 valence electrons. The first-order valence-electron chi connectivity index (χ1n) is 8.49. The smallest absolute Gasteiger partial charge is 0.314 e. The molecule has 0 fully saturated rings. The summed E-state index contributed by atoms with van der Waals surface area (Å²) in [4.78, 5) is 43.2. The summed E-state index contributed by atoms with van der Waals surface area (Å²) >= 11 is 0. The van der Waals surface area contributed by atoms with E-state index >= 15 is 0 Å². The Morgan fingerprint density at radius 3 is 2.22 bits per heavy atom. The SMILES string of the molecule is CC(=O)C(CC(C)(C)CC(=O)Oc1cnc(-c2ccccc2)nc1)C(=O)O. The van der Waals surface area contributed by atoms with E-state index in [1.54, 1.807) is 13.8 Å². The highest BCUT2D eigenvalue weighted by atomic mass is 16.5. The number of Topliss-reactive ketones (excluding diaryl/α,β-unsaturated/α-hetero) is 1. The predicted octanol–water partition coefficient (Wildman–Crippen LogP) is 3.15. The van der Waals surface area contributed by atoms with Crippen molar-refractivity contribution in [3.8, 4) is 17.1 Å². The van der Waals surface area contributed by atoms with Crippen molar-refractivity contribution in [1.29, 1.82) is 0 Å². The average Bonchev–Trinajstić information content (AvgIpc) is 2.60. The van der Waals surface area contributed by atoms with Crippen LogP contribution in [-0.4, -0.2) is 32.8 Å². The number of esters is 1.